The molecule has 0 aliphatic rings. The van der Waals surface area contributed by atoms with Gasteiger partial charge in [0.25, 0.3) is 0 Å². The van der Waals surface area contributed by atoms with E-state index in [0.717, 1.165) is 5.56 Å². The van der Waals surface area contributed by atoms with Crippen LogP contribution >= 0.6 is 11.6 Å². The molecule has 0 aromatic heterocycles. The molecule has 0 fully saturated rings. The molecule has 0 aliphatic carbocycles. The normalized spacial score (nSPS) is 14.5. The van der Waals surface area contributed by atoms with E-state index in [4.69, 9.17) is 16.7 Å². The molecule has 0 aliphatic heterocycles. The number of aliphatic carboxylic acids is 1. The molecule has 0 heterocycles. The Hall–Kier alpha value is -1.10. The van der Waals surface area contributed by atoms with E-state index in [-0.39, 0.29) is 0 Å². The molecule has 0 bridgehead atoms. The third-order valence-corrected chi connectivity index (χ3v) is 2.55. The van der Waals surface area contributed by atoms with Gasteiger partial charge in [-0.3, -0.25) is 4.79 Å². The zero-order chi connectivity index (χ0) is 12.3. The van der Waals surface area contributed by atoms with Crippen molar-refractivity contribution in [2.24, 2.45) is 0 Å². The van der Waals surface area contributed by atoms with Crippen molar-refractivity contribution in [1.82, 2.24) is 0 Å². The first-order valence-corrected chi connectivity index (χ1v) is 5.13. The van der Waals surface area contributed by atoms with Gasteiger partial charge in [-0.1, -0.05) is 23.7 Å². The molecule has 1 aromatic rings. The van der Waals surface area contributed by atoms with Crippen LogP contribution in [-0.4, -0.2) is 27.4 Å². The first kappa shape index (κ1) is 13.0. The van der Waals surface area contributed by atoms with Crippen LogP contribution in [0, 0.1) is 6.92 Å². The van der Waals surface area contributed by atoms with Crippen LogP contribution in [0.5, 0.6) is 0 Å². The van der Waals surface area contributed by atoms with Gasteiger partial charge in [-0.05, 0) is 18.6 Å². The lowest BCUT2D eigenvalue weighted by Gasteiger charge is -2.17. The van der Waals surface area contributed by atoms with E-state index in [9.17, 15) is 15.0 Å². The van der Waals surface area contributed by atoms with Crippen molar-refractivity contribution in [2.45, 2.75) is 25.6 Å². The summed E-state index contributed by atoms with van der Waals surface area (Å²) in [5.41, 5.74) is 1.26. The van der Waals surface area contributed by atoms with Crippen molar-refractivity contribution in [3.05, 3.63) is 34.3 Å². The minimum Gasteiger partial charge on any atom is -0.481 e. The number of carboxylic acid groups (broad SMARTS) is 1. The van der Waals surface area contributed by atoms with Crippen LogP contribution in [-0.2, 0) is 4.79 Å². The second-order valence-electron chi connectivity index (χ2n) is 3.64. The molecule has 5 heteroatoms. The number of aliphatic hydroxyl groups excluding tert-OH is 2. The number of hydrogen-bond acceptors (Lipinski definition) is 3. The summed E-state index contributed by atoms with van der Waals surface area (Å²) in [6.07, 6.45) is -3.17. The first-order valence-electron chi connectivity index (χ1n) is 4.75. The SMILES string of the molecule is Cc1ccc(C(O)C(O)CC(=O)O)c(Cl)c1. The zero-order valence-electron chi connectivity index (χ0n) is 8.72. The highest BCUT2D eigenvalue weighted by atomic mass is 35.5. The molecule has 2 unspecified atom stereocenters. The van der Waals surface area contributed by atoms with Gasteiger partial charge >= 0.3 is 5.97 Å². The van der Waals surface area contributed by atoms with Crippen LogP contribution in [0.4, 0.5) is 0 Å². The molecule has 0 radical (unpaired) electrons. The Morgan fingerprint density at radius 1 is 1.44 bits per heavy atom. The Morgan fingerprint density at radius 3 is 2.56 bits per heavy atom. The Morgan fingerprint density at radius 2 is 2.06 bits per heavy atom. The van der Waals surface area contributed by atoms with E-state index in [1.165, 1.54) is 0 Å². The number of rotatable bonds is 4. The number of aryl methyl sites for hydroxylation is 1. The molecule has 4 nitrogen and oxygen atoms in total. The fraction of sp³-hybridized carbons (Fsp3) is 0.364. The molecule has 1 aromatic carbocycles. The lowest BCUT2D eigenvalue weighted by molar-refractivity contribution is -0.141. The van der Waals surface area contributed by atoms with E-state index >= 15 is 0 Å². The Bertz CT molecular complexity index is 392. The van der Waals surface area contributed by atoms with Gasteiger partial charge in [0.05, 0.1) is 12.5 Å². The van der Waals surface area contributed by atoms with Crippen molar-refractivity contribution in [3.8, 4) is 0 Å². The minimum absolute atomic E-state index is 0.317. The highest BCUT2D eigenvalue weighted by molar-refractivity contribution is 6.31. The van der Waals surface area contributed by atoms with E-state index in [1.807, 2.05) is 6.92 Å². The standard InChI is InChI=1S/C11H13ClO4/c1-6-2-3-7(8(12)4-6)11(16)9(13)5-10(14)15/h2-4,9,11,13,16H,5H2,1H3,(H,14,15). The summed E-state index contributed by atoms with van der Waals surface area (Å²) in [4.78, 5) is 10.4. The van der Waals surface area contributed by atoms with Crippen LogP contribution in [0.1, 0.15) is 23.7 Å². The van der Waals surface area contributed by atoms with Gasteiger partial charge in [0.15, 0.2) is 0 Å². The van der Waals surface area contributed by atoms with Gasteiger partial charge in [0.1, 0.15) is 6.10 Å². The summed E-state index contributed by atoms with van der Waals surface area (Å²) in [7, 11) is 0. The molecule has 88 valence electrons. The molecule has 16 heavy (non-hydrogen) atoms. The summed E-state index contributed by atoms with van der Waals surface area (Å²) in [5.74, 6) is -1.17. The van der Waals surface area contributed by atoms with Gasteiger partial charge in [0.2, 0.25) is 0 Å². The maximum Gasteiger partial charge on any atom is 0.306 e. The molecule has 2 atom stereocenters. The van der Waals surface area contributed by atoms with Gasteiger partial charge in [-0.25, -0.2) is 0 Å². The van der Waals surface area contributed by atoms with Gasteiger partial charge in [-0.2, -0.15) is 0 Å². The third kappa shape index (κ3) is 3.20. The number of aliphatic hydroxyl groups is 2. The summed E-state index contributed by atoms with van der Waals surface area (Å²) in [5, 5.41) is 28.0. The van der Waals surface area contributed by atoms with Crippen LogP contribution in [0.3, 0.4) is 0 Å². The minimum atomic E-state index is -1.36. The average molecular weight is 245 g/mol. The highest BCUT2D eigenvalue weighted by Gasteiger charge is 2.22. The van der Waals surface area contributed by atoms with Gasteiger partial charge in [0, 0.05) is 10.6 Å². The molecule has 3 N–H and O–H groups in total. The van der Waals surface area contributed by atoms with Gasteiger partial charge in [-0.15, -0.1) is 0 Å². The fourth-order valence-electron chi connectivity index (χ4n) is 1.37. The molecular weight excluding hydrogens is 232 g/mol. The third-order valence-electron chi connectivity index (χ3n) is 2.22. The average Bonchev–Trinajstić information content (AvgIpc) is 2.15. The van der Waals surface area contributed by atoms with Crippen LogP contribution in [0.25, 0.3) is 0 Å². The van der Waals surface area contributed by atoms with Gasteiger partial charge < -0.3 is 15.3 Å². The molecule has 1 rings (SSSR count). The molecular formula is C11H13ClO4. The molecule has 0 spiro atoms. The second-order valence-corrected chi connectivity index (χ2v) is 4.04. The number of carbonyl (C=O) groups is 1. The molecule has 0 saturated carbocycles. The second kappa shape index (κ2) is 5.30. The predicted octanol–water partition coefficient (Wildman–Crippen LogP) is 1.52. The number of halogens is 1. The lowest BCUT2D eigenvalue weighted by atomic mass is 10.0. The molecule has 0 saturated heterocycles. The van der Waals surface area contributed by atoms with E-state index in [1.54, 1.807) is 18.2 Å². The smallest absolute Gasteiger partial charge is 0.306 e. The fourth-order valence-corrected chi connectivity index (χ4v) is 1.72. The van der Waals surface area contributed by atoms with Crippen LogP contribution in [0.15, 0.2) is 18.2 Å². The van der Waals surface area contributed by atoms with E-state index in [0.29, 0.717) is 10.6 Å². The topological polar surface area (TPSA) is 77.8 Å². The Balaban J connectivity index is 2.87. The lowest BCUT2D eigenvalue weighted by Crippen LogP contribution is -2.22. The number of benzene rings is 1. The molecule has 0 amide bonds. The van der Waals surface area contributed by atoms with E-state index < -0.39 is 24.6 Å². The number of hydrogen-bond donors (Lipinski definition) is 3. The Kier molecular flexibility index (Phi) is 4.29. The predicted molar refractivity (Wildman–Crippen MR) is 59.4 cm³/mol. The van der Waals surface area contributed by atoms with Crippen molar-refractivity contribution in [3.63, 3.8) is 0 Å². The maximum absolute atomic E-state index is 10.4. The van der Waals surface area contributed by atoms with E-state index in [2.05, 4.69) is 0 Å². The van der Waals surface area contributed by atoms with Crippen molar-refractivity contribution >= 4 is 17.6 Å². The summed E-state index contributed by atoms with van der Waals surface area (Å²) < 4.78 is 0. The Labute approximate surface area is 98.1 Å². The summed E-state index contributed by atoms with van der Waals surface area (Å²) in [6, 6.07) is 4.96. The van der Waals surface area contributed by atoms with Crippen LogP contribution < -0.4 is 0 Å². The quantitative estimate of drug-likeness (QED) is 0.750. The highest BCUT2D eigenvalue weighted by Crippen LogP contribution is 2.27. The largest absolute Gasteiger partial charge is 0.481 e. The summed E-state index contributed by atoms with van der Waals surface area (Å²) >= 11 is 5.89. The monoisotopic (exact) mass is 244 g/mol. The van der Waals surface area contributed by atoms with Crippen molar-refractivity contribution in [2.75, 3.05) is 0 Å². The number of carboxylic acids is 1. The van der Waals surface area contributed by atoms with Crippen molar-refractivity contribution in [1.29, 1.82) is 0 Å². The zero-order valence-corrected chi connectivity index (χ0v) is 9.48. The maximum atomic E-state index is 10.4. The first-order chi connectivity index (χ1) is 7.41. The summed E-state index contributed by atoms with van der Waals surface area (Å²) in [6.45, 7) is 1.84. The van der Waals surface area contributed by atoms with Crippen LogP contribution in [0.2, 0.25) is 5.02 Å². The van der Waals surface area contributed by atoms with Crippen molar-refractivity contribution < 1.29 is 20.1 Å².